The summed E-state index contributed by atoms with van der Waals surface area (Å²) >= 11 is -2.31. The van der Waals surface area contributed by atoms with Crippen LogP contribution >= 0.6 is 0 Å². The number of fused-ring (bicyclic) bond motifs is 1. The van der Waals surface area contributed by atoms with Gasteiger partial charge in [0.1, 0.15) is 5.76 Å². The molecule has 10 nitrogen and oxygen atoms in total. The number of carbonyl (C=O) groups excluding carboxylic acids is 1. The molecule has 3 N–H and O–H groups in total. The molecule has 2 unspecified atom stereocenters. The lowest BCUT2D eigenvalue weighted by molar-refractivity contribution is -0.161. The third-order valence-electron chi connectivity index (χ3n) is 7.40. The number of rotatable bonds is 13. The molecule has 0 bridgehead atoms. The van der Waals surface area contributed by atoms with Crippen molar-refractivity contribution in [3.63, 3.8) is 0 Å². The van der Waals surface area contributed by atoms with Crippen molar-refractivity contribution in [1.82, 2.24) is 14.6 Å². The molecule has 11 heteroatoms. The van der Waals surface area contributed by atoms with Gasteiger partial charge in [0.2, 0.25) is 17.0 Å². The van der Waals surface area contributed by atoms with E-state index >= 15 is 0 Å². The molecule has 1 fully saturated rings. The average Bonchev–Trinajstić information content (AvgIpc) is 3.71. The summed E-state index contributed by atoms with van der Waals surface area (Å²) in [4.78, 5) is 29.3. The highest BCUT2D eigenvalue weighted by molar-refractivity contribution is 7.76. The number of methoxy groups -OCH3 is 1. The summed E-state index contributed by atoms with van der Waals surface area (Å²) in [6, 6.07) is 9.77. The van der Waals surface area contributed by atoms with Gasteiger partial charge >= 0.3 is 5.97 Å². The van der Waals surface area contributed by atoms with Gasteiger partial charge in [-0.3, -0.25) is 9.35 Å². The van der Waals surface area contributed by atoms with Crippen LogP contribution in [0.25, 0.3) is 22.4 Å². The smallest absolute Gasteiger partial charge is 0.335 e. The van der Waals surface area contributed by atoms with E-state index in [9.17, 15) is 23.5 Å². The van der Waals surface area contributed by atoms with Crippen molar-refractivity contribution in [3.8, 4) is 11.3 Å². The van der Waals surface area contributed by atoms with Crippen molar-refractivity contribution in [2.75, 3.05) is 20.7 Å². The number of nitrogens with one attached hydrogen (secondary N) is 1. The van der Waals surface area contributed by atoms with E-state index in [0.29, 0.717) is 28.8 Å². The molecule has 0 aliphatic heterocycles. The average molecular weight is 558 g/mol. The van der Waals surface area contributed by atoms with Crippen LogP contribution in [0, 0.1) is 0 Å². The minimum Gasteiger partial charge on any atom is -0.479 e. The lowest BCUT2D eigenvalue weighted by atomic mass is 10.00. The number of hydrogen-bond acceptors (Lipinski definition) is 6. The third kappa shape index (κ3) is 6.22. The maximum absolute atomic E-state index is 13.0. The van der Waals surface area contributed by atoms with E-state index in [4.69, 9.17) is 14.1 Å². The molecule has 2 heterocycles. The molecule has 4 rings (SSSR count). The van der Waals surface area contributed by atoms with Crippen LogP contribution < -0.4 is 5.32 Å². The molecule has 1 aliphatic carbocycles. The van der Waals surface area contributed by atoms with Gasteiger partial charge in [-0.25, -0.2) is 14.0 Å². The Morgan fingerprint density at radius 3 is 2.51 bits per heavy atom. The van der Waals surface area contributed by atoms with Crippen molar-refractivity contribution >= 4 is 34.2 Å². The largest absolute Gasteiger partial charge is 0.479 e. The van der Waals surface area contributed by atoms with E-state index in [0.717, 1.165) is 30.4 Å². The minimum atomic E-state index is -2.31. The summed E-state index contributed by atoms with van der Waals surface area (Å²) in [5.41, 5.74) is 2.76. The minimum absolute atomic E-state index is 0.0676. The second-order valence-corrected chi connectivity index (χ2v) is 11.0. The van der Waals surface area contributed by atoms with Crippen LogP contribution in [0.5, 0.6) is 0 Å². The van der Waals surface area contributed by atoms with E-state index in [1.807, 2.05) is 30.3 Å². The number of aliphatic carboxylic acids is 1. The van der Waals surface area contributed by atoms with Crippen molar-refractivity contribution in [2.45, 2.75) is 64.0 Å². The van der Waals surface area contributed by atoms with Crippen LogP contribution in [0.1, 0.15) is 72.6 Å². The third-order valence-corrected chi connectivity index (χ3v) is 8.16. The highest BCUT2D eigenvalue weighted by Gasteiger charge is 2.34. The number of carboxylic acid groups (broad SMARTS) is 1. The second-order valence-electron chi connectivity index (χ2n) is 10.0. The standard InChI is InChI=1S/C28H35N3O7S/c1-5-17-7-9-19(10-8-17)24-23(25(32)29-3)21-15-20(18-11-12-18)22(30-26(21)38-24)16-31(39(35)36)14-6-13-28(2,37-4)27(33)34/h7-10,15,18H,5-6,11-14,16H2,1-4H3,(H,29,32)(H,33,34)(H,35,36). The van der Waals surface area contributed by atoms with Crippen LogP contribution in [0.3, 0.4) is 0 Å². The first kappa shape index (κ1) is 28.9. The maximum Gasteiger partial charge on any atom is 0.335 e. The zero-order chi connectivity index (χ0) is 28.3. The Labute approximate surface area is 230 Å². The van der Waals surface area contributed by atoms with Crippen LogP contribution in [-0.4, -0.2) is 61.3 Å². The van der Waals surface area contributed by atoms with E-state index < -0.39 is 22.8 Å². The van der Waals surface area contributed by atoms with E-state index in [1.54, 1.807) is 7.05 Å². The van der Waals surface area contributed by atoms with E-state index in [-0.39, 0.29) is 37.0 Å². The molecule has 2 aromatic heterocycles. The number of carbonyl (C=O) groups is 2. The van der Waals surface area contributed by atoms with Gasteiger partial charge in [0.05, 0.1) is 23.2 Å². The van der Waals surface area contributed by atoms with E-state index in [2.05, 4.69) is 12.2 Å². The molecule has 3 aromatic rings. The molecule has 1 amide bonds. The Hall–Kier alpha value is -3.12. The number of nitrogens with zero attached hydrogens (tertiary/aromatic N) is 2. The Bertz CT molecular complexity index is 1380. The number of ether oxygens (including phenoxy) is 1. The summed E-state index contributed by atoms with van der Waals surface area (Å²) < 4.78 is 34.9. The first-order chi connectivity index (χ1) is 18.6. The lowest BCUT2D eigenvalue weighted by Crippen LogP contribution is -2.38. The van der Waals surface area contributed by atoms with Gasteiger partial charge in [0, 0.05) is 26.3 Å². The van der Waals surface area contributed by atoms with E-state index in [1.165, 1.54) is 23.9 Å². The zero-order valence-electron chi connectivity index (χ0n) is 22.7. The van der Waals surface area contributed by atoms with Crippen LogP contribution in [-0.2, 0) is 33.8 Å². The normalized spacial score (nSPS) is 15.8. The number of amides is 1. The maximum atomic E-state index is 13.0. The molecule has 39 heavy (non-hydrogen) atoms. The molecule has 0 radical (unpaired) electrons. The fraction of sp³-hybridized carbons (Fsp3) is 0.464. The molecule has 1 aromatic carbocycles. The highest BCUT2D eigenvalue weighted by atomic mass is 32.2. The lowest BCUT2D eigenvalue weighted by Gasteiger charge is -2.24. The molecular weight excluding hydrogens is 522 g/mol. The van der Waals surface area contributed by atoms with Crippen LogP contribution in [0.15, 0.2) is 34.7 Å². The fourth-order valence-electron chi connectivity index (χ4n) is 4.66. The summed E-state index contributed by atoms with van der Waals surface area (Å²) in [7, 11) is 2.90. The predicted octanol–water partition coefficient (Wildman–Crippen LogP) is 4.50. The molecular formula is C28H35N3O7S. The summed E-state index contributed by atoms with van der Waals surface area (Å²) in [5, 5.41) is 12.7. The first-order valence-corrected chi connectivity index (χ1v) is 14.1. The first-order valence-electron chi connectivity index (χ1n) is 13.0. The number of furan rings is 1. The van der Waals surface area contributed by atoms with Crippen molar-refractivity contribution in [2.24, 2.45) is 0 Å². The van der Waals surface area contributed by atoms with Crippen LogP contribution in [0.2, 0.25) is 0 Å². The topological polar surface area (TPSA) is 142 Å². The molecule has 0 spiro atoms. The van der Waals surface area contributed by atoms with Gasteiger partial charge < -0.3 is 19.6 Å². The molecule has 210 valence electrons. The fourth-order valence-corrected chi connectivity index (χ4v) is 5.18. The van der Waals surface area contributed by atoms with Crippen LogP contribution in [0.4, 0.5) is 0 Å². The van der Waals surface area contributed by atoms with Gasteiger partial charge in [0.25, 0.3) is 5.91 Å². The number of carboxylic acids is 1. The zero-order valence-corrected chi connectivity index (χ0v) is 23.5. The van der Waals surface area contributed by atoms with Crippen molar-refractivity contribution in [3.05, 3.63) is 52.7 Å². The molecule has 1 aliphatic rings. The number of aryl methyl sites for hydroxylation is 1. The van der Waals surface area contributed by atoms with Gasteiger partial charge in [-0.1, -0.05) is 31.2 Å². The summed E-state index contributed by atoms with van der Waals surface area (Å²) in [6.07, 6.45) is 3.31. The molecule has 2 atom stereocenters. The monoisotopic (exact) mass is 557 g/mol. The Morgan fingerprint density at radius 2 is 1.97 bits per heavy atom. The van der Waals surface area contributed by atoms with Crippen molar-refractivity contribution < 1.29 is 32.6 Å². The van der Waals surface area contributed by atoms with Gasteiger partial charge in [-0.05, 0) is 62.1 Å². The van der Waals surface area contributed by atoms with Gasteiger partial charge in [-0.2, -0.15) is 4.31 Å². The number of benzene rings is 1. The summed E-state index contributed by atoms with van der Waals surface area (Å²) in [5.74, 6) is -0.699. The predicted molar refractivity (Wildman–Crippen MR) is 148 cm³/mol. The number of hydrogen-bond donors (Lipinski definition) is 3. The second kappa shape index (κ2) is 12.0. The quantitative estimate of drug-likeness (QED) is 0.261. The van der Waals surface area contributed by atoms with Gasteiger partial charge in [0.15, 0.2) is 5.60 Å². The summed E-state index contributed by atoms with van der Waals surface area (Å²) in [6.45, 7) is 3.78. The Balaban J connectivity index is 1.70. The van der Waals surface area contributed by atoms with Crippen molar-refractivity contribution in [1.29, 1.82) is 0 Å². The Morgan fingerprint density at radius 1 is 1.28 bits per heavy atom. The SMILES string of the molecule is CCc1ccc(-c2oc3nc(CN(CCCC(C)(OC)C(=O)O)S(=O)O)c(C4CC4)cc3c2C(=O)NC)cc1. The Kier molecular flexibility index (Phi) is 8.85. The molecule has 0 saturated heterocycles. The number of pyridine rings is 1. The van der Waals surface area contributed by atoms with Gasteiger partial charge in [-0.15, -0.1) is 0 Å². The highest BCUT2D eigenvalue weighted by Crippen LogP contribution is 2.44. The number of aromatic nitrogens is 1. The molecule has 1 saturated carbocycles.